The maximum absolute atomic E-state index is 12.3. The second-order valence-electron chi connectivity index (χ2n) is 5.53. The fraction of sp³-hybridized carbons (Fsp3) is 0.846. The van der Waals surface area contributed by atoms with Crippen molar-refractivity contribution in [3.8, 4) is 0 Å². The van der Waals surface area contributed by atoms with E-state index >= 15 is 0 Å². The van der Waals surface area contributed by atoms with Gasteiger partial charge in [-0.3, -0.25) is 9.59 Å². The molecule has 2 rings (SSSR count). The molecule has 0 radical (unpaired) electrons. The van der Waals surface area contributed by atoms with Crippen LogP contribution in [0.3, 0.4) is 0 Å². The summed E-state index contributed by atoms with van der Waals surface area (Å²) in [6.07, 6.45) is 2.59. The highest BCUT2D eigenvalue weighted by molar-refractivity contribution is 7.91. The van der Waals surface area contributed by atoms with Crippen molar-refractivity contribution in [2.24, 2.45) is 5.92 Å². The van der Waals surface area contributed by atoms with E-state index in [9.17, 15) is 18.0 Å². The van der Waals surface area contributed by atoms with Crippen molar-refractivity contribution in [2.75, 3.05) is 24.7 Å². The van der Waals surface area contributed by atoms with Crippen molar-refractivity contribution < 1.29 is 22.7 Å². The SMILES string of the molecule is CCOC(=O)CN(C(=O)CC1CCS(=O)(=O)C1)C1CC1. The van der Waals surface area contributed by atoms with Crippen LogP contribution in [0.5, 0.6) is 0 Å². The van der Waals surface area contributed by atoms with Gasteiger partial charge in [0.15, 0.2) is 9.84 Å². The lowest BCUT2D eigenvalue weighted by atomic mass is 10.0. The van der Waals surface area contributed by atoms with E-state index in [1.165, 1.54) is 0 Å². The molecule has 0 bridgehead atoms. The molecule has 1 saturated heterocycles. The molecule has 0 aromatic carbocycles. The largest absolute Gasteiger partial charge is 0.465 e. The Hall–Kier alpha value is -1.11. The Kier molecular flexibility index (Phi) is 4.67. The van der Waals surface area contributed by atoms with Gasteiger partial charge in [-0.1, -0.05) is 0 Å². The number of hydrogen-bond acceptors (Lipinski definition) is 5. The van der Waals surface area contributed by atoms with Crippen LogP contribution in [0.15, 0.2) is 0 Å². The zero-order chi connectivity index (χ0) is 14.8. The molecule has 1 heterocycles. The van der Waals surface area contributed by atoms with Crippen LogP contribution in [-0.4, -0.2) is 55.9 Å². The van der Waals surface area contributed by atoms with Crippen molar-refractivity contribution >= 4 is 21.7 Å². The summed E-state index contributed by atoms with van der Waals surface area (Å²) < 4.78 is 27.7. The van der Waals surface area contributed by atoms with Crippen LogP contribution in [0.2, 0.25) is 0 Å². The topological polar surface area (TPSA) is 80.8 Å². The molecule has 20 heavy (non-hydrogen) atoms. The quantitative estimate of drug-likeness (QED) is 0.662. The lowest BCUT2D eigenvalue weighted by molar-refractivity contribution is -0.149. The van der Waals surface area contributed by atoms with E-state index in [1.54, 1.807) is 11.8 Å². The molecule has 2 aliphatic rings. The molecule has 114 valence electrons. The number of sulfone groups is 1. The number of hydrogen-bond donors (Lipinski definition) is 0. The van der Waals surface area contributed by atoms with Gasteiger partial charge in [0.1, 0.15) is 6.54 Å². The summed E-state index contributed by atoms with van der Waals surface area (Å²) in [5.74, 6) is -0.353. The Bertz CT molecular complexity index is 483. The Morgan fingerprint density at radius 1 is 1.25 bits per heavy atom. The normalized spacial score (nSPS) is 24.4. The van der Waals surface area contributed by atoms with Crippen LogP contribution >= 0.6 is 0 Å². The molecule has 1 aliphatic carbocycles. The van der Waals surface area contributed by atoms with E-state index in [0.29, 0.717) is 13.0 Å². The molecule has 0 N–H and O–H groups in total. The molecule has 1 atom stereocenters. The van der Waals surface area contributed by atoms with E-state index in [4.69, 9.17) is 4.74 Å². The van der Waals surface area contributed by atoms with Gasteiger partial charge in [-0.25, -0.2) is 8.42 Å². The molecule has 7 heteroatoms. The number of carbonyl (C=O) groups excluding carboxylic acids is 2. The standard InChI is InChI=1S/C13H21NO5S/c1-2-19-13(16)8-14(11-3-4-11)12(15)7-10-5-6-20(17,18)9-10/h10-11H,2-9H2,1H3. The first-order chi connectivity index (χ1) is 9.41. The molecule has 1 aliphatic heterocycles. The number of carbonyl (C=O) groups is 2. The van der Waals surface area contributed by atoms with Crippen molar-refractivity contribution in [2.45, 2.75) is 38.6 Å². The Morgan fingerprint density at radius 3 is 2.45 bits per heavy atom. The van der Waals surface area contributed by atoms with Gasteiger partial charge < -0.3 is 9.64 Å². The summed E-state index contributed by atoms with van der Waals surface area (Å²) in [6.45, 7) is 2.01. The Labute approximate surface area is 119 Å². The second kappa shape index (κ2) is 6.11. The zero-order valence-electron chi connectivity index (χ0n) is 11.7. The van der Waals surface area contributed by atoms with E-state index < -0.39 is 15.8 Å². The van der Waals surface area contributed by atoms with Crippen LogP contribution in [0, 0.1) is 5.92 Å². The lowest BCUT2D eigenvalue weighted by Gasteiger charge is -2.22. The minimum Gasteiger partial charge on any atom is -0.465 e. The fourth-order valence-corrected chi connectivity index (χ4v) is 4.41. The average molecular weight is 303 g/mol. The van der Waals surface area contributed by atoms with Gasteiger partial charge in [-0.05, 0) is 32.1 Å². The fourth-order valence-electron chi connectivity index (χ4n) is 2.55. The highest BCUT2D eigenvalue weighted by Crippen LogP contribution is 2.29. The molecule has 1 amide bonds. The Balaban J connectivity index is 1.89. The first kappa shape index (κ1) is 15.3. The minimum atomic E-state index is -2.97. The second-order valence-corrected chi connectivity index (χ2v) is 7.76. The summed E-state index contributed by atoms with van der Waals surface area (Å²) in [7, 11) is -2.97. The zero-order valence-corrected chi connectivity index (χ0v) is 12.5. The van der Waals surface area contributed by atoms with Crippen LogP contribution in [-0.2, 0) is 24.2 Å². The van der Waals surface area contributed by atoms with Crippen LogP contribution < -0.4 is 0 Å². The maximum atomic E-state index is 12.3. The van der Waals surface area contributed by atoms with E-state index in [-0.39, 0.29) is 42.3 Å². The van der Waals surface area contributed by atoms with E-state index in [0.717, 1.165) is 12.8 Å². The number of ether oxygens (including phenoxy) is 1. The monoisotopic (exact) mass is 303 g/mol. The molecule has 2 fully saturated rings. The summed E-state index contributed by atoms with van der Waals surface area (Å²) in [4.78, 5) is 25.3. The highest BCUT2D eigenvalue weighted by Gasteiger charge is 2.37. The number of esters is 1. The molecule has 0 spiro atoms. The Morgan fingerprint density at radius 2 is 1.95 bits per heavy atom. The summed E-state index contributed by atoms with van der Waals surface area (Å²) in [6, 6.07) is 0.130. The molecular formula is C13H21NO5S. The lowest BCUT2D eigenvalue weighted by Crippen LogP contribution is -2.39. The summed E-state index contributed by atoms with van der Waals surface area (Å²) in [5.41, 5.74) is 0. The smallest absolute Gasteiger partial charge is 0.325 e. The summed E-state index contributed by atoms with van der Waals surface area (Å²) >= 11 is 0. The van der Waals surface area contributed by atoms with Gasteiger partial charge in [-0.15, -0.1) is 0 Å². The van der Waals surface area contributed by atoms with Gasteiger partial charge in [0.05, 0.1) is 18.1 Å². The molecular weight excluding hydrogens is 282 g/mol. The van der Waals surface area contributed by atoms with E-state index in [2.05, 4.69) is 0 Å². The third-order valence-corrected chi connectivity index (χ3v) is 5.54. The first-order valence-electron chi connectivity index (χ1n) is 7.07. The third kappa shape index (κ3) is 4.19. The van der Waals surface area contributed by atoms with Crippen LogP contribution in [0.25, 0.3) is 0 Å². The van der Waals surface area contributed by atoms with Gasteiger partial charge in [-0.2, -0.15) is 0 Å². The number of rotatable bonds is 6. The first-order valence-corrected chi connectivity index (χ1v) is 8.89. The van der Waals surface area contributed by atoms with Crippen molar-refractivity contribution in [1.82, 2.24) is 4.90 Å². The third-order valence-electron chi connectivity index (χ3n) is 3.70. The van der Waals surface area contributed by atoms with Crippen LogP contribution in [0.1, 0.15) is 32.6 Å². The van der Waals surface area contributed by atoms with Gasteiger partial charge in [0.25, 0.3) is 0 Å². The number of amides is 1. The minimum absolute atomic E-state index is 0.0171. The van der Waals surface area contributed by atoms with Gasteiger partial charge in [0.2, 0.25) is 5.91 Å². The van der Waals surface area contributed by atoms with Crippen molar-refractivity contribution in [1.29, 1.82) is 0 Å². The predicted molar refractivity (Wildman–Crippen MR) is 72.7 cm³/mol. The molecule has 0 aromatic heterocycles. The van der Waals surface area contributed by atoms with E-state index in [1.807, 2.05) is 0 Å². The van der Waals surface area contributed by atoms with Crippen LogP contribution in [0.4, 0.5) is 0 Å². The summed E-state index contributed by atoms with van der Waals surface area (Å²) in [5, 5.41) is 0. The molecule has 1 saturated carbocycles. The highest BCUT2D eigenvalue weighted by atomic mass is 32.2. The van der Waals surface area contributed by atoms with Gasteiger partial charge >= 0.3 is 5.97 Å². The maximum Gasteiger partial charge on any atom is 0.325 e. The number of nitrogens with zero attached hydrogens (tertiary/aromatic N) is 1. The molecule has 6 nitrogen and oxygen atoms in total. The van der Waals surface area contributed by atoms with Crippen molar-refractivity contribution in [3.63, 3.8) is 0 Å². The molecule has 0 aromatic rings. The van der Waals surface area contributed by atoms with Gasteiger partial charge in [0, 0.05) is 12.5 Å². The molecule has 1 unspecified atom stereocenters. The predicted octanol–water partition coefficient (Wildman–Crippen LogP) is 0.365. The van der Waals surface area contributed by atoms with Crippen molar-refractivity contribution in [3.05, 3.63) is 0 Å². The average Bonchev–Trinajstić information content (AvgIpc) is 3.12.